The molecule has 0 aromatic carbocycles. The van der Waals surface area contributed by atoms with Crippen molar-refractivity contribution in [2.45, 2.75) is 13.8 Å². The first-order valence-electron chi connectivity index (χ1n) is 5.07. The third-order valence-electron chi connectivity index (χ3n) is 2.08. The normalized spacial score (nSPS) is 11.5. The maximum absolute atomic E-state index is 11.2. The summed E-state index contributed by atoms with van der Waals surface area (Å²) >= 11 is 1.61. The molecule has 6 heteroatoms. The van der Waals surface area contributed by atoms with Crippen LogP contribution in [0.4, 0.5) is 5.95 Å². The van der Waals surface area contributed by atoms with Gasteiger partial charge < -0.3 is 0 Å². The number of aryl methyl sites for hydroxylation is 1. The van der Waals surface area contributed by atoms with Crippen LogP contribution in [0.15, 0.2) is 33.5 Å². The van der Waals surface area contributed by atoms with Crippen LogP contribution in [0.25, 0.3) is 0 Å². The summed E-state index contributed by atoms with van der Waals surface area (Å²) in [5.74, 6) is 0.353. The molecule has 0 atom stereocenters. The molecule has 17 heavy (non-hydrogen) atoms. The summed E-state index contributed by atoms with van der Waals surface area (Å²) in [4.78, 5) is 19.0. The predicted molar refractivity (Wildman–Crippen MR) is 69.7 cm³/mol. The lowest BCUT2D eigenvalue weighted by atomic mass is 10.3. The van der Waals surface area contributed by atoms with Gasteiger partial charge in [-0.15, -0.1) is 11.3 Å². The number of anilines is 1. The highest BCUT2D eigenvalue weighted by Crippen LogP contribution is 2.09. The lowest BCUT2D eigenvalue weighted by molar-refractivity contribution is 1.04. The molecule has 0 aliphatic heterocycles. The molecule has 0 unspecified atom stereocenters. The summed E-state index contributed by atoms with van der Waals surface area (Å²) in [5.41, 5.74) is 4.06. The number of hydrogen-bond acceptors (Lipinski definition) is 5. The SMILES string of the molecule is CC(=NNc1nc(C)cc(=O)[nH]1)c1cccs1. The van der Waals surface area contributed by atoms with Gasteiger partial charge in [-0.2, -0.15) is 5.10 Å². The molecular formula is C11H12N4OS. The first-order chi connectivity index (χ1) is 8.15. The minimum atomic E-state index is -0.191. The van der Waals surface area contributed by atoms with E-state index in [1.807, 2.05) is 24.4 Å². The second-order valence-electron chi connectivity index (χ2n) is 3.52. The molecule has 0 aliphatic carbocycles. The Morgan fingerprint density at radius 1 is 1.59 bits per heavy atom. The van der Waals surface area contributed by atoms with E-state index in [2.05, 4.69) is 20.5 Å². The Hall–Kier alpha value is -1.95. The van der Waals surface area contributed by atoms with Gasteiger partial charge in [-0.05, 0) is 25.3 Å². The first kappa shape index (κ1) is 11.5. The molecule has 0 aliphatic rings. The lowest BCUT2D eigenvalue weighted by Gasteiger charge is -2.01. The summed E-state index contributed by atoms with van der Waals surface area (Å²) in [6, 6.07) is 5.38. The number of nitrogens with one attached hydrogen (secondary N) is 2. The molecule has 2 N–H and O–H groups in total. The molecule has 0 amide bonds. The van der Waals surface area contributed by atoms with E-state index in [0.29, 0.717) is 11.6 Å². The van der Waals surface area contributed by atoms with Crippen LogP contribution in [0.5, 0.6) is 0 Å². The zero-order valence-corrected chi connectivity index (χ0v) is 10.3. The number of aromatic nitrogens is 2. The Labute approximate surface area is 102 Å². The molecule has 2 rings (SSSR count). The number of rotatable bonds is 3. The summed E-state index contributed by atoms with van der Waals surface area (Å²) < 4.78 is 0. The largest absolute Gasteiger partial charge is 0.291 e. The van der Waals surface area contributed by atoms with Gasteiger partial charge in [0.2, 0.25) is 5.95 Å². The number of H-pyrrole nitrogens is 1. The topological polar surface area (TPSA) is 70.1 Å². The Morgan fingerprint density at radius 2 is 2.41 bits per heavy atom. The van der Waals surface area contributed by atoms with Gasteiger partial charge in [0.25, 0.3) is 5.56 Å². The van der Waals surface area contributed by atoms with Crippen molar-refractivity contribution in [3.63, 3.8) is 0 Å². The molecule has 88 valence electrons. The highest BCUT2D eigenvalue weighted by atomic mass is 32.1. The maximum atomic E-state index is 11.2. The minimum Gasteiger partial charge on any atom is -0.291 e. The number of hydrazone groups is 1. The van der Waals surface area contributed by atoms with E-state index in [9.17, 15) is 4.79 Å². The summed E-state index contributed by atoms with van der Waals surface area (Å²) in [6.07, 6.45) is 0. The number of nitrogens with zero attached hydrogens (tertiary/aromatic N) is 2. The van der Waals surface area contributed by atoms with E-state index in [4.69, 9.17) is 0 Å². The molecule has 5 nitrogen and oxygen atoms in total. The fraction of sp³-hybridized carbons (Fsp3) is 0.182. The van der Waals surface area contributed by atoms with Gasteiger partial charge in [0, 0.05) is 16.6 Å². The Bertz CT molecular complexity index is 586. The van der Waals surface area contributed by atoms with Gasteiger partial charge >= 0.3 is 0 Å². The van der Waals surface area contributed by atoms with Crippen molar-refractivity contribution in [2.24, 2.45) is 5.10 Å². The Morgan fingerprint density at radius 3 is 3.06 bits per heavy atom. The van der Waals surface area contributed by atoms with Gasteiger partial charge in [0.15, 0.2) is 0 Å². The standard InChI is InChI=1S/C11H12N4OS/c1-7-6-10(16)13-11(12-7)15-14-8(2)9-4-3-5-17-9/h3-6H,1-2H3,(H2,12,13,15,16). The van der Waals surface area contributed by atoms with Crippen molar-refractivity contribution < 1.29 is 0 Å². The molecule has 0 radical (unpaired) electrons. The summed E-state index contributed by atoms with van der Waals surface area (Å²) in [6.45, 7) is 3.66. The molecule has 0 saturated heterocycles. The van der Waals surface area contributed by atoms with Crippen LogP contribution in [0.3, 0.4) is 0 Å². The molecular weight excluding hydrogens is 236 g/mol. The predicted octanol–water partition coefficient (Wildman–Crippen LogP) is 1.98. The van der Waals surface area contributed by atoms with Crippen LogP contribution in [-0.4, -0.2) is 15.7 Å². The summed E-state index contributed by atoms with van der Waals surface area (Å²) in [7, 11) is 0. The van der Waals surface area contributed by atoms with Crippen molar-refractivity contribution >= 4 is 23.0 Å². The van der Waals surface area contributed by atoms with Gasteiger partial charge in [0.1, 0.15) is 0 Å². The molecule has 2 aromatic rings. The first-order valence-corrected chi connectivity index (χ1v) is 5.95. The van der Waals surface area contributed by atoms with Crippen LogP contribution in [-0.2, 0) is 0 Å². The smallest absolute Gasteiger partial charge is 0.252 e. The van der Waals surface area contributed by atoms with Crippen LogP contribution < -0.4 is 11.0 Å². The van der Waals surface area contributed by atoms with Crippen molar-refractivity contribution in [1.29, 1.82) is 0 Å². The number of thiophene rings is 1. The molecule has 0 fully saturated rings. The molecule has 0 bridgehead atoms. The molecule has 2 heterocycles. The average molecular weight is 248 g/mol. The van der Waals surface area contributed by atoms with Crippen LogP contribution in [0.2, 0.25) is 0 Å². The van der Waals surface area contributed by atoms with Gasteiger partial charge in [0.05, 0.1) is 5.71 Å². The quantitative estimate of drug-likeness (QED) is 0.644. The maximum Gasteiger partial charge on any atom is 0.252 e. The second kappa shape index (κ2) is 4.92. The van der Waals surface area contributed by atoms with Gasteiger partial charge in [-0.1, -0.05) is 6.07 Å². The van der Waals surface area contributed by atoms with Crippen molar-refractivity contribution in [2.75, 3.05) is 5.43 Å². The average Bonchev–Trinajstić information content (AvgIpc) is 2.78. The van der Waals surface area contributed by atoms with Crippen LogP contribution in [0.1, 0.15) is 17.5 Å². The van der Waals surface area contributed by atoms with Crippen molar-refractivity contribution in [3.05, 3.63) is 44.5 Å². The van der Waals surface area contributed by atoms with Crippen molar-refractivity contribution in [1.82, 2.24) is 9.97 Å². The van der Waals surface area contributed by atoms with Gasteiger partial charge in [-0.25, -0.2) is 10.4 Å². The third kappa shape index (κ3) is 3.01. The lowest BCUT2D eigenvalue weighted by Crippen LogP contribution is -2.11. The van der Waals surface area contributed by atoms with E-state index in [1.54, 1.807) is 18.3 Å². The number of aromatic amines is 1. The van der Waals surface area contributed by atoms with E-state index in [0.717, 1.165) is 10.6 Å². The minimum absolute atomic E-state index is 0.191. The van der Waals surface area contributed by atoms with E-state index in [-0.39, 0.29) is 5.56 Å². The second-order valence-corrected chi connectivity index (χ2v) is 4.47. The van der Waals surface area contributed by atoms with Crippen LogP contribution in [0, 0.1) is 6.92 Å². The number of hydrogen-bond donors (Lipinski definition) is 2. The molecule has 0 spiro atoms. The van der Waals surface area contributed by atoms with Gasteiger partial charge in [-0.3, -0.25) is 9.78 Å². The van der Waals surface area contributed by atoms with E-state index in [1.165, 1.54) is 6.07 Å². The van der Waals surface area contributed by atoms with Crippen molar-refractivity contribution in [3.8, 4) is 0 Å². The molecule has 2 aromatic heterocycles. The van der Waals surface area contributed by atoms with E-state index < -0.39 is 0 Å². The fourth-order valence-electron chi connectivity index (χ4n) is 1.31. The van der Waals surface area contributed by atoms with E-state index >= 15 is 0 Å². The monoisotopic (exact) mass is 248 g/mol. The van der Waals surface area contributed by atoms with Crippen LogP contribution >= 0.6 is 11.3 Å². The Kier molecular flexibility index (Phi) is 3.34. The summed E-state index contributed by atoms with van der Waals surface area (Å²) in [5, 5.41) is 6.15. The third-order valence-corrected chi connectivity index (χ3v) is 3.06. The zero-order valence-electron chi connectivity index (χ0n) is 9.52. The molecule has 0 saturated carbocycles. The highest BCUT2D eigenvalue weighted by Gasteiger charge is 1.99. The highest BCUT2D eigenvalue weighted by molar-refractivity contribution is 7.12. The zero-order chi connectivity index (χ0) is 12.3. The fourth-order valence-corrected chi connectivity index (χ4v) is 1.99. The Balaban J connectivity index is 2.17.